The summed E-state index contributed by atoms with van der Waals surface area (Å²) in [5, 5.41) is 82.0. The molecule has 7 amide bonds. The molecule has 64 heavy (non-hydrogen) atoms. The predicted molar refractivity (Wildman–Crippen MR) is 219 cm³/mol. The van der Waals surface area contributed by atoms with Gasteiger partial charge >= 0.3 is 5.69 Å². The molecule has 28 N–H and O–H groups in total. The maximum atomic E-state index is 13.7. The van der Waals surface area contributed by atoms with Crippen LogP contribution in [0.2, 0.25) is 0 Å². The molecular weight excluding hydrogens is 856 g/mol. The summed E-state index contributed by atoms with van der Waals surface area (Å²) in [5.41, 5.74) is 31.2. The summed E-state index contributed by atoms with van der Waals surface area (Å²) >= 11 is 0. The van der Waals surface area contributed by atoms with Gasteiger partial charge in [-0.05, 0) is 23.3 Å². The van der Waals surface area contributed by atoms with Gasteiger partial charge in [-0.15, -0.1) is 0 Å². The number of aliphatic imine (C=N–C) groups is 1. The number of rotatable bonds is 21. The van der Waals surface area contributed by atoms with Crippen LogP contribution in [0, 0.1) is 31.8 Å². The van der Waals surface area contributed by atoms with Gasteiger partial charge in [0.2, 0.25) is 12.1 Å². The maximum absolute atomic E-state index is 13.7. The number of nitro benzene ring substituents is 1. The van der Waals surface area contributed by atoms with Gasteiger partial charge in [-0.2, -0.15) is 0 Å². The first kappa shape index (κ1) is 50.7. The summed E-state index contributed by atoms with van der Waals surface area (Å²) in [6.07, 6.45) is -11.6. The Morgan fingerprint density at radius 2 is 1.02 bits per heavy atom. The van der Waals surface area contributed by atoms with E-state index in [-0.39, 0.29) is 11.1 Å². The van der Waals surface area contributed by atoms with E-state index < -0.39 is 125 Å². The number of nitrogens with one attached hydrogen (secondary N) is 14. The van der Waals surface area contributed by atoms with E-state index in [2.05, 4.69) is 20.9 Å². The second kappa shape index (κ2) is 23.4. The number of amides is 7. The van der Waals surface area contributed by atoms with Gasteiger partial charge in [0.05, 0.1) is 4.92 Å². The summed E-state index contributed by atoms with van der Waals surface area (Å²) in [6, 6.07) is 8.44. The van der Waals surface area contributed by atoms with Crippen LogP contribution >= 0.6 is 0 Å². The van der Waals surface area contributed by atoms with Crippen LogP contribution in [0.15, 0.2) is 53.5 Å². The van der Waals surface area contributed by atoms with Crippen LogP contribution < -0.4 is 87.6 Å². The van der Waals surface area contributed by atoms with Gasteiger partial charge in [0.25, 0.3) is 35.4 Å². The number of aliphatic hydroxyl groups is 1. The molecule has 0 aromatic heterocycles. The molecule has 7 unspecified atom stereocenters. The number of nitrogens with zero attached hydrogens (tertiary/aromatic N) is 2. The molecule has 0 radical (unpaired) electrons. The number of nitrogens with two attached hydrogens (primary N) is 6. The lowest BCUT2D eigenvalue weighted by Gasteiger charge is -2.28. The molecule has 0 fully saturated rings. The van der Waals surface area contributed by atoms with E-state index in [1.807, 2.05) is 37.2 Å². The van der Waals surface area contributed by atoms with E-state index in [4.69, 9.17) is 56.0 Å². The quantitative estimate of drug-likeness (QED) is 0.0182. The maximum Gasteiger partial charge on any atom is 0.311 e. The van der Waals surface area contributed by atoms with E-state index in [0.29, 0.717) is 0 Å². The number of carbonyl (C=O) groups excluding carboxylic acids is 7. The third-order valence-electron chi connectivity index (χ3n) is 7.48. The molecule has 0 bridgehead atoms. The lowest BCUT2D eigenvalue weighted by molar-refractivity contribution is -0.385. The number of carbonyl (C=O) groups is 7. The first-order valence-corrected chi connectivity index (χ1v) is 17.4. The summed E-state index contributed by atoms with van der Waals surface area (Å²) in [6.45, 7) is 0. The topological polar surface area (TPSA) is 587 Å². The van der Waals surface area contributed by atoms with Crippen LogP contribution in [0.5, 0.6) is 5.75 Å². The van der Waals surface area contributed by atoms with Crippen molar-refractivity contribution in [3.8, 4) is 5.75 Å². The summed E-state index contributed by atoms with van der Waals surface area (Å²) < 4.78 is 0. The number of hydrogen-bond donors (Lipinski definition) is 22. The second-order valence-corrected chi connectivity index (χ2v) is 12.4. The number of primary amides is 1. The Morgan fingerprint density at radius 3 is 1.41 bits per heavy atom. The summed E-state index contributed by atoms with van der Waals surface area (Å²) in [7, 11) is 0. The van der Waals surface area contributed by atoms with Gasteiger partial charge in [-0.1, -0.05) is 30.3 Å². The van der Waals surface area contributed by atoms with E-state index in [9.17, 15) is 53.9 Å². The number of hydrogen-bond acceptors (Lipinski definition) is 17. The van der Waals surface area contributed by atoms with E-state index in [1.54, 1.807) is 0 Å². The monoisotopic (exact) mass is 900 g/mol. The predicted octanol–water partition coefficient (Wildman–Crippen LogP) is -9.52. The number of phenols is 1. The third kappa shape index (κ3) is 16.3. The molecule has 33 nitrogen and oxygen atoms in total. The van der Waals surface area contributed by atoms with E-state index in [0.717, 1.165) is 18.3 Å². The second-order valence-electron chi connectivity index (χ2n) is 12.4. The molecule has 0 saturated carbocycles. The molecule has 0 heterocycles. The fraction of sp³-hybridized carbons (Fsp3) is 0.226. The fourth-order valence-corrected chi connectivity index (χ4v) is 4.65. The minimum Gasteiger partial charge on any atom is -0.502 e. The zero-order valence-corrected chi connectivity index (χ0v) is 32.7. The molecule has 0 spiro atoms. The van der Waals surface area contributed by atoms with Crippen LogP contribution in [0.1, 0.15) is 17.2 Å². The highest BCUT2D eigenvalue weighted by Crippen LogP contribution is 2.25. The lowest BCUT2D eigenvalue weighted by atomic mass is 10.1. The van der Waals surface area contributed by atoms with Crippen molar-refractivity contribution in [3.05, 3.63) is 69.8 Å². The molecule has 2 aromatic carbocycles. The Hall–Kier alpha value is -9.40. The summed E-state index contributed by atoms with van der Waals surface area (Å²) in [5.74, 6) is -13.8. The van der Waals surface area contributed by atoms with Crippen LogP contribution in [0.4, 0.5) is 5.69 Å². The zero-order valence-electron chi connectivity index (χ0n) is 32.7. The summed E-state index contributed by atoms with van der Waals surface area (Å²) in [4.78, 5) is 105. The van der Waals surface area contributed by atoms with Crippen LogP contribution in [-0.4, -0.2) is 124 Å². The van der Waals surface area contributed by atoms with Crippen molar-refractivity contribution in [2.24, 2.45) is 39.4 Å². The van der Waals surface area contributed by atoms with Crippen molar-refractivity contribution in [2.75, 3.05) is 0 Å². The van der Waals surface area contributed by atoms with Gasteiger partial charge < -0.3 is 97.8 Å². The fourth-order valence-electron chi connectivity index (χ4n) is 4.65. The molecule has 0 aliphatic rings. The molecule has 7 atom stereocenters. The van der Waals surface area contributed by atoms with Gasteiger partial charge in [-0.25, -0.2) is 0 Å². The highest BCUT2D eigenvalue weighted by Gasteiger charge is 2.34. The van der Waals surface area contributed by atoms with Gasteiger partial charge in [-0.3, -0.25) is 70.3 Å². The number of guanidine groups is 4. The standard InChI is InChI=1S/C31H44N22O11/c32-15(16(33)55)44-22(57)17(49-28(34)35)46-24(59)19(51-30(38)39)48-25(60)20(52-31(40)41)47-23(58)18(50-29(36)37)45-21(56)14(11-4-2-1-3-5-11)43-27(62)26(61)42-9-10-6-7-13(54)12(8-10)53(63)64/h1-9,14-15,17-20,26,54,61H,32H2,(H2,33,55)(H,43,62)(H,44,57)(H,45,56)(H,46,59)(H,47,58)(H,48,60)(H4,34,35,49)(H4,36,37,50)(H4,38,39,51)(H4,40,41,52)/b42-9+. The normalized spacial score (nSPS) is 13.8. The molecular formula is C31H44N22O11. The van der Waals surface area contributed by atoms with Crippen molar-refractivity contribution in [1.82, 2.24) is 53.2 Å². The molecule has 0 saturated heterocycles. The van der Waals surface area contributed by atoms with E-state index in [1.165, 1.54) is 36.4 Å². The van der Waals surface area contributed by atoms with Crippen LogP contribution in [-0.2, 0) is 33.6 Å². The van der Waals surface area contributed by atoms with Crippen LogP contribution in [0.3, 0.4) is 0 Å². The van der Waals surface area contributed by atoms with Gasteiger partial charge in [0.15, 0.2) is 60.4 Å². The first-order valence-electron chi connectivity index (χ1n) is 17.4. The number of aliphatic hydroxyl groups excluding tert-OH is 1. The molecule has 344 valence electrons. The molecule has 0 aliphatic heterocycles. The number of phenolic OH excluding ortho intramolecular Hbond substituents is 1. The SMILES string of the molecule is N=C(N)NC(NC(=O)C(NC(=N)N)NC(=O)C(NC(=N)N)NC(=O)C(NC(=N)N)NC(=O)C(NC(=O)C(O)/N=C/c1ccc(O)c([N+](=O)[O-])c1)c1ccccc1)C(=O)NC(N)C(N)=O. The van der Waals surface area contributed by atoms with Crippen molar-refractivity contribution >= 4 is 77.1 Å². The third-order valence-corrected chi connectivity index (χ3v) is 7.48. The Bertz CT molecular complexity index is 2190. The largest absolute Gasteiger partial charge is 0.502 e. The molecule has 2 aromatic rings. The Labute approximate surface area is 358 Å². The smallest absolute Gasteiger partial charge is 0.311 e. The number of nitro groups is 1. The van der Waals surface area contributed by atoms with Crippen molar-refractivity contribution in [3.63, 3.8) is 0 Å². The first-order chi connectivity index (χ1) is 29.9. The molecule has 33 heteroatoms. The number of aromatic hydroxyl groups is 1. The minimum atomic E-state index is -2.24. The molecule has 0 aliphatic carbocycles. The van der Waals surface area contributed by atoms with Crippen LogP contribution in [0.25, 0.3) is 0 Å². The number of benzene rings is 2. The van der Waals surface area contributed by atoms with Gasteiger partial charge in [0, 0.05) is 12.3 Å². The molecule has 2 rings (SSSR count). The lowest BCUT2D eigenvalue weighted by Crippen LogP contribution is -2.69. The Balaban J connectivity index is 2.37. The Kier molecular flexibility index (Phi) is 18.6. The highest BCUT2D eigenvalue weighted by molar-refractivity contribution is 6.00. The van der Waals surface area contributed by atoms with Crippen molar-refractivity contribution in [1.29, 1.82) is 21.6 Å². The van der Waals surface area contributed by atoms with E-state index >= 15 is 0 Å². The van der Waals surface area contributed by atoms with Gasteiger partial charge in [0.1, 0.15) is 6.04 Å². The minimum absolute atomic E-state index is 0.0121. The average Bonchev–Trinajstić information content (AvgIpc) is 3.20. The Morgan fingerprint density at radius 1 is 0.609 bits per heavy atom. The van der Waals surface area contributed by atoms with Crippen molar-refractivity contribution in [2.45, 2.75) is 43.1 Å². The average molecular weight is 901 g/mol. The van der Waals surface area contributed by atoms with Crippen molar-refractivity contribution < 1.29 is 48.7 Å². The highest BCUT2D eigenvalue weighted by atomic mass is 16.6. The zero-order chi connectivity index (χ0) is 48.4.